The Morgan fingerprint density at radius 3 is 2.33 bits per heavy atom. The van der Waals surface area contributed by atoms with Gasteiger partial charge in [0.25, 0.3) is 0 Å². The van der Waals surface area contributed by atoms with Gasteiger partial charge in [0.15, 0.2) is 0 Å². The smallest absolute Gasteiger partial charge is 0.126 e. The Kier molecular flexibility index (Phi) is 2.88. The summed E-state index contributed by atoms with van der Waals surface area (Å²) >= 11 is 0. The van der Waals surface area contributed by atoms with E-state index in [4.69, 9.17) is 11.0 Å². The van der Waals surface area contributed by atoms with E-state index < -0.39 is 0 Å². The maximum atomic E-state index is 9.15. The molecule has 0 amide bonds. The maximum Gasteiger partial charge on any atom is 0.126 e. The molecule has 0 bridgehead atoms. The van der Waals surface area contributed by atoms with Gasteiger partial charge in [0.1, 0.15) is 11.9 Å². The summed E-state index contributed by atoms with van der Waals surface area (Å²) in [6, 6.07) is 8.41. The Balaban J connectivity index is 2.77. The summed E-state index contributed by atoms with van der Waals surface area (Å²) < 4.78 is 1.96. The van der Waals surface area contributed by atoms with Gasteiger partial charge in [-0.3, -0.25) is 4.57 Å². The Bertz CT molecular complexity index is 657. The number of nitrogens with two attached hydrogens (primary N) is 1. The molecule has 0 unspecified atom stereocenters. The van der Waals surface area contributed by atoms with E-state index in [1.165, 1.54) is 5.56 Å². The van der Waals surface area contributed by atoms with Crippen LogP contribution in [0.2, 0.25) is 0 Å². The van der Waals surface area contributed by atoms with Crippen LogP contribution >= 0.6 is 0 Å². The molecule has 0 saturated carbocycles. The maximum absolute atomic E-state index is 9.15. The van der Waals surface area contributed by atoms with Crippen LogP contribution in [0.25, 0.3) is 5.69 Å². The SMILES string of the molecule is Cc1ccc(-n2c(C)c(C)c(C#N)c2N)c(C)c1. The van der Waals surface area contributed by atoms with Crippen LogP contribution in [0.1, 0.15) is 27.9 Å². The Morgan fingerprint density at radius 2 is 1.83 bits per heavy atom. The number of aromatic nitrogens is 1. The summed E-state index contributed by atoms with van der Waals surface area (Å²) in [5.41, 5.74) is 12.1. The molecule has 0 aliphatic rings. The molecular formula is C15H17N3. The monoisotopic (exact) mass is 239 g/mol. The van der Waals surface area contributed by atoms with Gasteiger partial charge in [-0.25, -0.2) is 0 Å². The first-order valence-electron chi connectivity index (χ1n) is 5.92. The third kappa shape index (κ3) is 1.67. The minimum Gasteiger partial charge on any atom is -0.384 e. The van der Waals surface area contributed by atoms with Crippen LogP contribution in [0.5, 0.6) is 0 Å². The fourth-order valence-corrected chi connectivity index (χ4v) is 2.34. The summed E-state index contributed by atoms with van der Waals surface area (Å²) in [5.74, 6) is 0.527. The zero-order valence-corrected chi connectivity index (χ0v) is 11.2. The van der Waals surface area contributed by atoms with E-state index >= 15 is 0 Å². The first kappa shape index (κ1) is 12.3. The Hall–Kier alpha value is -2.21. The number of aryl methyl sites for hydroxylation is 2. The lowest BCUT2D eigenvalue weighted by molar-refractivity contribution is 1.00. The van der Waals surface area contributed by atoms with Crippen molar-refractivity contribution in [2.75, 3.05) is 5.73 Å². The van der Waals surface area contributed by atoms with Gasteiger partial charge in [0, 0.05) is 5.69 Å². The van der Waals surface area contributed by atoms with Crippen molar-refractivity contribution in [3.05, 3.63) is 46.1 Å². The number of nitrogen functional groups attached to an aromatic ring is 1. The van der Waals surface area contributed by atoms with Crippen molar-refractivity contribution in [2.24, 2.45) is 0 Å². The van der Waals surface area contributed by atoms with Gasteiger partial charge in [-0.1, -0.05) is 17.7 Å². The van der Waals surface area contributed by atoms with Crippen molar-refractivity contribution in [3.8, 4) is 11.8 Å². The molecule has 3 heteroatoms. The number of benzene rings is 1. The van der Waals surface area contributed by atoms with Crippen LogP contribution in [0.15, 0.2) is 18.2 Å². The molecule has 0 atom stereocenters. The highest BCUT2D eigenvalue weighted by Gasteiger charge is 2.17. The fraction of sp³-hybridized carbons (Fsp3) is 0.267. The van der Waals surface area contributed by atoms with Crippen LogP contribution in [0.3, 0.4) is 0 Å². The number of anilines is 1. The lowest BCUT2D eigenvalue weighted by Crippen LogP contribution is -2.04. The molecule has 0 fully saturated rings. The minimum absolute atomic E-state index is 0.527. The van der Waals surface area contributed by atoms with Gasteiger partial charge in [-0.15, -0.1) is 0 Å². The Morgan fingerprint density at radius 1 is 1.17 bits per heavy atom. The van der Waals surface area contributed by atoms with Crippen LogP contribution < -0.4 is 5.73 Å². The molecule has 2 N–H and O–H groups in total. The van der Waals surface area contributed by atoms with E-state index in [0.29, 0.717) is 11.4 Å². The summed E-state index contributed by atoms with van der Waals surface area (Å²) in [7, 11) is 0. The molecule has 18 heavy (non-hydrogen) atoms. The predicted octanol–water partition coefficient (Wildman–Crippen LogP) is 3.16. The molecule has 1 aromatic heterocycles. The minimum atomic E-state index is 0.527. The topological polar surface area (TPSA) is 54.7 Å². The van der Waals surface area contributed by atoms with E-state index in [9.17, 15) is 0 Å². The van der Waals surface area contributed by atoms with Crippen LogP contribution in [0.4, 0.5) is 5.82 Å². The molecule has 1 aromatic carbocycles. The normalized spacial score (nSPS) is 10.4. The lowest BCUT2D eigenvalue weighted by atomic mass is 10.1. The van der Waals surface area contributed by atoms with Crippen molar-refractivity contribution in [3.63, 3.8) is 0 Å². The molecule has 0 aliphatic carbocycles. The second-order valence-corrected chi connectivity index (χ2v) is 4.71. The summed E-state index contributed by atoms with van der Waals surface area (Å²) in [6.45, 7) is 8.05. The molecule has 0 saturated heterocycles. The molecule has 2 aromatic rings. The zero-order valence-electron chi connectivity index (χ0n) is 11.2. The van der Waals surface area contributed by atoms with Gasteiger partial charge in [-0.2, -0.15) is 5.26 Å². The average molecular weight is 239 g/mol. The molecule has 0 spiro atoms. The summed E-state index contributed by atoms with van der Waals surface area (Å²) in [6.07, 6.45) is 0. The zero-order chi connectivity index (χ0) is 13.4. The highest BCUT2D eigenvalue weighted by Crippen LogP contribution is 2.29. The number of hydrogen-bond acceptors (Lipinski definition) is 2. The van der Waals surface area contributed by atoms with Gasteiger partial charge in [-0.05, 0) is 44.9 Å². The lowest BCUT2D eigenvalue weighted by Gasteiger charge is -2.12. The van der Waals surface area contributed by atoms with E-state index in [2.05, 4.69) is 38.1 Å². The first-order chi connectivity index (χ1) is 8.47. The second-order valence-electron chi connectivity index (χ2n) is 4.71. The molecule has 0 aliphatic heterocycles. The van der Waals surface area contributed by atoms with Crippen molar-refractivity contribution < 1.29 is 0 Å². The number of rotatable bonds is 1. The molecule has 2 rings (SSSR count). The third-order valence-corrected chi connectivity index (χ3v) is 3.46. The van der Waals surface area contributed by atoms with E-state index in [-0.39, 0.29) is 0 Å². The summed E-state index contributed by atoms with van der Waals surface area (Å²) in [4.78, 5) is 0. The quantitative estimate of drug-likeness (QED) is 0.831. The average Bonchev–Trinajstić information content (AvgIpc) is 2.52. The standard InChI is InChI=1S/C15H17N3/c1-9-5-6-14(10(2)7-9)18-12(4)11(3)13(8-16)15(18)17/h5-7H,17H2,1-4H3. The Labute approximate surface area is 107 Å². The van der Waals surface area contributed by atoms with Crippen molar-refractivity contribution in [2.45, 2.75) is 27.7 Å². The first-order valence-corrected chi connectivity index (χ1v) is 5.92. The van der Waals surface area contributed by atoms with Crippen molar-refractivity contribution >= 4 is 5.82 Å². The largest absolute Gasteiger partial charge is 0.384 e. The molecule has 3 nitrogen and oxygen atoms in total. The van der Waals surface area contributed by atoms with Gasteiger partial charge < -0.3 is 5.73 Å². The number of nitriles is 1. The molecule has 92 valence electrons. The van der Waals surface area contributed by atoms with Crippen molar-refractivity contribution in [1.82, 2.24) is 4.57 Å². The van der Waals surface area contributed by atoms with Gasteiger partial charge in [0.05, 0.1) is 11.3 Å². The molecule has 1 heterocycles. The van der Waals surface area contributed by atoms with Gasteiger partial charge >= 0.3 is 0 Å². The number of nitrogens with zero attached hydrogens (tertiary/aromatic N) is 2. The van der Waals surface area contributed by atoms with E-state index in [1.807, 2.05) is 18.4 Å². The fourth-order valence-electron chi connectivity index (χ4n) is 2.34. The predicted molar refractivity (Wildman–Crippen MR) is 73.8 cm³/mol. The van der Waals surface area contributed by atoms with Crippen LogP contribution in [-0.4, -0.2) is 4.57 Å². The van der Waals surface area contributed by atoms with Crippen LogP contribution in [-0.2, 0) is 0 Å². The van der Waals surface area contributed by atoms with E-state index in [1.54, 1.807) is 0 Å². The highest BCUT2D eigenvalue weighted by atomic mass is 15.1. The third-order valence-electron chi connectivity index (χ3n) is 3.46. The second kappa shape index (κ2) is 4.23. The van der Waals surface area contributed by atoms with Crippen molar-refractivity contribution in [1.29, 1.82) is 5.26 Å². The summed E-state index contributed by atoms with van der Waals surface area (Å²) in [5, 5.41) is 9.15. The van der Waals surface area contributed by atoms with E-state index in [0.717, 1.165) is 22.5 Å². The molecular weight excluding hydrogens is 222 g/mol. The number of hydrogen-bond donors (Lipinski definition) is 1. The van der Waals surface area contributed by atoms with Crippen LogP contribution in [0, 0.1) is 39.0 Å². The highest BCUT2D eigenvalue weighted by molar-refractivity contribution is 5.63. The van der Waals surface area contributed by atoms with Gasteiger partial charge in [0.2, 0.25) is 0 Å². The molecule has 0 radical (unpaired) electrons.